The molecule has 0 saturated carbocycles. The Hall–Kier alpha value is -8.76. The molecular formula is C66H46N2Si. The van der Waals surface area contributed by atoms with Crippen molar-refractivity contribution in [1.82, 2.24) is 9.13 Å². The second-order valence-corrected chi connectivity index (χ2v) is 21.9. The van der Waals surface area contributed by atoms with Crippen LogP contribution in [0.4, 0.5) is 0 Å². The first-order chi connectivity index (χ1) is 34.2. The summed E-state index contributed by atoms with van der Waals surface area (Å²) in [4.78, 5) is 0. The molecular weight excluding hydrogens is 849 g/mol. The predicted molar refractivity (Wildman–Crippen MR) is 295 cm³/mol. The van der Waals surface area contributed by atoms with E-state index in [0.29, 0.717) is 0 Å². The van der Waals surface area contributed by atoms with E-state index < -0.39 is 8.07 Å². The molecule has 11 aromatic carbocycles. The Kier molecular flexibility index (Phi) is 9.88. The van der Waals surface area contributed by atoms with Crippen LogP contribution >= 0.6 is 0 Å². The van der Waals surface area contributed by atoms with Gasteiger partial charge < -0.3 is 9.13 Å². The molecule has 0 aliphatic rings. The highest BCUT2D eigenvalue weighted by molar-refractivity contribution is 7.19. The highest BCUT2D eigenvalue weighted by atomic mass is 28.3. The summed E-state index contributed by atoms with van der Waals surface area (Å²) in [7, 11) is -2.60. The summed E-state index contributed by atoms with van der Waals surface area (Å²) >= 11 is 0. The van der Waals surface area contributed by atoms with E-state index in [1.165, 1.54) is 97.7 Å². The smallest absolute Gasteiger partial charge is 0.179 e. The summed E-state index contributed by atoms with van der Waals surface area (Å²) in [6.07, 6.45) is 0. The van der Waals surface area contributed by atoms with Crippen LogP contribution in [0, 0.1) is 0 Å². The molecule has 0 spiro atoms. The van der Waals surface area contributed by atoms with E-state index in [2.05, 4.69) is 288 Å². The monoisotopic (exact) mass is 894 g/mol. The van der Waals surface area contributed by atoms with Gasteiger partial charge in [-0.3, -0.25) is 0 Å². The normalized spacial score (nSPS) is 11.8. The molecule has 2 heterocycles. The maximum atomic E-state index is 2.42. The van der Waals surface area contributed by atoms with Gasteiger partial charge in [0.05, 0.1) is 22.1 Å². The van der Waals surface area contributed by atoms with Gasteiger partial charge in [0.2, 0.25) is 0 Å². The van der Waals surface area contributed by atoms with Crippen LogP contribution in [0.2, 0.25) is 0 Å². The van der Waals surface area contributed by atoms with E-state index in [1.807, 2.05) is 0 Å². The standard InChI is InChI=1S/C66H46N2Si/c1-5-17-47(18-6-1)48-29-37-53(38-30-48)67-63-27-15-13-25-59(63)61-45-51(35-43-65(61)67)52-36-44-66-62(46-52)60-26-14-16-28-64(60)68(66)54-39-31-49(32-40-54)50-33-41-58(42-34-50)69(55-19-7-2-8-20-55,56-21-9-3-10-22-56)57-23-11-4-12-24-57/h1-46H. The first-order valence-electron chi connectivity index (χ1n) is 23.8. The minimum atomic E-state index is -2.60. The topological polar surface area (TPSA) is 9.86 Å². The highest BCUT2D eigenvalue weighted by Gasteiger charge is 2.41. The molecule has 0 saturated heterocycles. The number of hydrogen-bond donors (Lipinski definition) is 0. The Bertz CT molecular complexity index is 3850. The van der Waals surface area contributed by atoms with Gasteiger partial charge in [-0.1, -0.05) is 218 Å². The number of fused-ring (bicyclic) bond motifs is 6. The number of rotatable bonds is 9. The number of para-hydroxylation sites is 2. The van der Waals surface area contributed by atoms with Crippen molar-refractivity contribution in [3.8, 4) is 44.8 Å². The quantitative estimate of drug-likeness (QED) is 0.101. The number of nitrogens with zero attached hydrogens (tertiary/aromatic N) is 2. The molecule has 0 unspecified atom stereocenters. The number of aromatic nitrogens is 2. The zero-order chi connectivity index (χ0) is 45.7. The van der Waals surface area contributed by atoms with Crippen LogP contribution in [0.25, 0.3) is 88.4 Å². The van der Waals surface area contributed by atoms with Gasteiger partial charge in [-0.05, 0) is 115 Å². The van der Waals surface area contributed by atoms with Gasteiger partial charge in [-0.15, -0.1) is 0 Å². The fourth-order valence-corrected chi connectivity index (χ4v) is 15.8. The molecule has 0 N–H and O–H groups in total. The summed E-state index contributed by atoms with van der Waals surface area (Å²) in [5, 5.41) is 10.5. The van der Waals surface area contributed by atoms with Gasteiger partial charge in [0.15, 0.2) is 8.07 Å². The third-order valence-electron chi connectivity index (χ3n) is 14.3. The largest absolute Gasteiger partial charge is 0.309 e. The first kappa shape index (κ1) is 40.5. The molecule has 0 atom stereocenters. The average Bonchev–Trinajstić information content (AvgIpc) is 3.95. The molecule has 2 aromatic heterocycles. The van der Waals surface area contributed by atoms with Crippen molar-refractivity contribution in [3.63, 3.8) is 0 Å². The molecule has 0 fully saturated rings. The van der Waals surface area contributed by atoms with E-state index in [1.54, 1.807) is 0 Å². The van der Waals surface area contributed by atoms with Crippen molar-refractivity contribution in [3.05, 3.63) is 279 Å². The number of benzene rings is 11. The summed E-state index contributed by atoms with van der Waals surface area (Å²) in [5.41, 5.74) is 14.3. The minimum absolute atomic E-state index is 1.14. The van der Waals surface area contributed by atoms with Crippen molar-refractivity contribution in [2.75, 3.05) is 0 Å². The van der Waals surface area contributed by atoms with Gasteiger partial charge in [0.1, 0.15) is 0 Å². The fraction of sp³-hybridized carbons (Fsp3) is 0. The van der Waals surface area contributed by atoms with Crippen LogP contribution in [0.15, 0.2) is 279 Å². The van der Waals surface area contributed by atoms with Crippen LogP contribution in [-0.2, 0) is 0 Å². The van der Waals surface area contributed by atoms with Gasteiger partial charge in [0.25, 0.3) is 0 Å². The summed E-state index contributed by atoms with van der Waals surface area (Å²) in [5.74, 6) is 0. The lowest BCUT2D eigenvalue weighted by atomic mass is 10.0. The van der Waals surface area contributed by atoms with E-state index in [-0.39, 0.29) is 0 Å². The summed E-state index contributed by atoms with van der Waals surface area (Å²) in [6, 6.07) is 103. The number of hydrogen-bond acceptors (Lipinski definition) is 0. The second-order valence-electron chi connectivity index (χ2n) is 18.1. The Morgan fingerprint density at radius 2 is 0.493 bits per heavy atom. The Morgan fingerprint density at radius 3 is 0.899 bits per heavy atom. The van der Waals surface area contributed by atoms with E-state index in [4.69, 9.17) is 0 Å². The molecule has 69 heavy (non-hydrogen) atoms. The molecule has 2 nitrogen and oxygen atoms in total. The van der Waals surface area contributed by atoms with Crippen molar-refractivity contribution >= 4 is 72.4 Å². The molecule has 13 aromatic rings. The van der Waals surface area contributed by atoms with E-state index >= 15 is 0 Å². The van der Waals surface area contributed by atoms with Crippen LogP contribution in [0.5, 0.6) is 0 Å². The average molecular weight is 895 g/mol. The van der Waals surface area contributed by atoms with Crippen molar-refractivity contribution < 1.29 is 0 Å². The molecule has 324 valence electrons. The van der Waals surface area contributed by atoms with Crippen LogP contribution in [0.1, 0.15) is 0 Å². The Labute approximate surface area is 403 Å². The summed E-state index contributed by atoms with van der Waals surface area (Å²) < 4.78 is 4.82. The van der Waals surface area contributed by atoms with Crippen molar-refractivity contribution in [2.45, 2.75) is 0 Å². The molecule has 3 heteroatoms. The second kappa shape index (κ2) is 16.8. The Balaban J connectivity index is 0.852. The third kappa shape index (κ3) is 6.78. The van der Waals surface area contributed by atoms with Crippen LogP contribution in [0.3, 0.4) is 0 Å². The van der Waals surface area contributed by atoms with Crippen LogP contribution < -0.4 is 20.7 Å². The van der Waals surface area contributed by atoms with E-state index in [9.17, 15) is 0 Å². The Morgan fingerprint density at radius 1 is 0.203 bits per heavy atom. The molecule has 0 aliphatic heterocycles. The molecule has 13 rings (SSSR count). The minimum Gasteiger partial charge on any atom is -0.309 e. The maximum absolute atomic E-state index is 2.60. The van der Waals surface area contributed by atoms with Gasteiger partial charge >= 0.3 is 0 Å². The SMILES string of the molecule is c1ccc(-c2ccc(-n3c4ccccc4c4cc(-c5ccc6c(c5)c5ccccc5n6-c5ccc(-c6ccc([Si](c7ccccc7)(c7ccccc7)c7ccccc7)cc6)cc5)ccc43)cc2)cc1. The van der Waals surface area contributed by atoms with Crippen molar-refractivity contribution in [1.29, 1.82) is 0 Å². The highest BCUT2D eigenvalue weighted by Crippen LogP contribution is 2.39. The van der Waals surface area contributed by atoms with Gasteiger partial charge in [-0.25, -0.2) is 0 Å². The maximum Gasteiger partial charge on any atom is 0.179 e. The van der Waals surface area contributed by atoms with Gasteiger partial charge in [-0.2, -0.15) is 0 Å². The predicted octanol–water partition coefficient (Wildman–Crippen LogP) is 14.3. The summed E-state index contributed by atoms with van der Waals surface area (Å²) in [6.45, 7) is 0. The molecule has 0 amide bonds. The molecule has 0 radical (unpaired) electrons. The molecule has 0 bridgehead atoms. The lowest BCUT2D eigenvalue weighted by Gasteiger charge is -2.34. The lowest BCUT2D eigenvalue weighted by Crippen LogP contribution is -2.74. The third-order valence-corrected chi connectivity index (χ3v) is 19.1. The molecule has 0 aliphatic carbocycles. The zero-order valence-electron chi connectivity index (χ0n) is 38.0. The lowest BCUT2D eigenvalue weighted by molar-refractivity contribution is 1.18. The van der Waals surface area contributed by atoms with E-state index in [0.717, 1.165) is 11.4 Å². The first-order valence-corrected chi connectivity index (χ1v) is 25.8. The van der Waals surface area contributed by atoms with Crippen molar-refractivity contribution in [2.24, 2.45) is 0 Å². The zero-order valence-corrected chi connectivity index (χ0v) is 39.0. The fourth-order valence-electron chi connectivity index (χ4n) is 11.1. The van der Waals surface area contributed by atoms with Crippen LogP contribution in [-0.4, -0.2) is 17.2 Å². The van der Waals surface area contributed by atoms with Gasteiger partial charge in [0, 0.05) is 32.9 Å².